The first-order valence-electron chi connectivity index (χ1n) is 12.7. The molecule has 1 aromatic heterocycles. The van der Waals surface area contributed by atoms with Gasteiger partial charge in [-0.15, -0.1) is 12.6 Å². The Labute approximate surface area is 221 Å². The van der Waals surface area contributed by atoms with Crippen LogP contribution in [0.1, 0.15) is 55.5 Å². The second-order valence-electron chi connectivity index (χ2n) is 9.52. The van der Waals surface area contributed by atoms with Crippen molar-refractivity contribution in [2.24, 2.45) is 0 Å². The van der Waals surface area contributed by atoms with E-state index in [1.165, 1.54) is 12.0 Å². The van der Waals surface area contributed by atoms with Gasteiger partial charge in [0.25, 0.3) is 5.56 Å². The van der Waals surface area contributed by atoms with Gasteiger partial charge in [-0.05, 0) is 37.5 Å². The molecule has 1 aliphatic heterocycles. The van der Waals surface area contributed by atoms with E-state index in [9.17, 15) is 9.59 Å². The molecule has 1 amide bonds. The van der Waals surface area contributed by atoms with E-state index < -0.39 is 0 Å². The number of thioether (sulfide) groups is 1. The number of para-hydroxylation sites is 1. The van der Waals surface area contributed by atoms with Crippen molar-refractivity contribution in [1.29, 1.82) is 0 Å². The first-order valence-corrected chi connectivity index (χ1v) is 14.0. The molecule has 1 atom stereocenters. The molecule has 5 rings (SSSR count). The van der Waals surface area contributed by atoms with Gasteiger partial charge in [0.15, 0.2) is 5.16 Å². The fraction of sp³-hybridized carbons (Fsp3) is 0.393. The minimum absolute atomic E-state index is 0.0573. The van der Waals surface area contributed by atoms with Gasteiger partial charge in [-0.2, -0.15) is 0 Å². The van der Waals surface area contributed by atoms with E-state index in [0.717, 1.165) is 34.3 Å². The third-order valence-electron chi connectivity index (χ3n) is 7.09. The highest BCUT2D eigenvalue weighted by molar-refractivity contribution is 7.99. The highest BCUT2D eigenvalue weighted by atomic mass is 32.2. The molecule has 0 spiro atoms. The topological polar surface area (TPSA) is 67.2 Å². The van der Waals surface area contributed by atoms with Crippen LogP contribution in [0.3, 0.4) is 0 Å². The lowest BCUT2D eigenvalue weighted by Gasteiger charge is -2.30. The predicted molar refractivity (Wildman–Crippen MR) is 147 cm³/mol. The van der Waals surface area contributed by atoms with E-state index in [-0.39, 0.29) is 17.5 Å². The van der Waals surface area contributed by atoms with Gasteiger partial charge < -0.3 is 10.2 Å². The van der Waals surface area contributed by atoms with Gasteiger partial charge in [-0.3, -0.25) is 14.2 Å². The number of hydrogen-bond acceptors (Lipinski definition) is 6. The molecule has 2 aliphatic rings. The molecule has 0 unspecified atom stereocenters. The van der Waals surface area contributed by atoms with Gasteiger partial charge >= 0.3 is 0 Å². The maximum atomic E-state index is 13.8. The van der Waals surface area contributed by atoms with Crippen molar-refractivity contribution in [2.45, 2.75) is 66.9 Å². The second-order valence-corrected chi connectivity index (χ2v) is 11.3. The van der Waals surface area contributed by atoms with Crippen molar-refractivity contribution < 1.29 is 4.79 Å². The number of carbonyl (C=O) groups is 1. The Morgan fingerprint density at radius 3 is 2.64 bits per heavy atom. The van der Waals surface area contributed by atoms with Gasteiger partial charge in [-0.1, -0.05) is 60.6 Å². The van der Waals surface area contributed by atoms with Crippen molar-refractivity contribution in [1.82, 2.24) is 19.8 Å². The molecule has 1 fully saturated rings. The summed E-state index contributed by atoms with van der Waals surface area (Å²) >= 11 is 6.32. The summed E-state index contributed by atoms with van der Waals surface area (Å²) in [6.07, 6.45) is 4.53. The average molecular weight is 521 g/mol. The molecule has 0 radical (unpaired) electrons. The zero-order valence-corrected chi connectivity index (χ0v) is 22.2. The van der Waals surface area contributed by atoms with Crippen LogP contribution >= 0.6 is 24.4 Å². The van der Waals surface area contributed by atoms with Gasteiger partial charge in [0.05, 0.1) is 23.5 Å². The van der Waals surface area contributed by atoms with Crippen LogP contribution in [0.15, 0.2) is 69.4 Å². The summed E-state index contributed by atoms with van der Waals surface area (Å²) in [6.45, 7) is 3.58. The summed E-state index contributed by atoms with van der Waals surface area (Å²) < 4.78 is 1.71. The van der Waals surface area contributed by atoms with Crippen LogP contribution in [0.2, 0.25) is 0 Å². The van der Waals surface area contributed by atoms with E-state index in [0.29, 0.717) is 43.3 Å². The number of aromatic nitrogens is 2. The van der Waals surface area contributed by atoms with Crippen LogP contribution in [-0.2, 0) is 17.8 Å². The van der Waals surface area contributed by atoms with Crippen LogP contribution in [-0.4, -0.2) is 38.7 Å². The molecule has 2 heterocycles. The maximum Gasteiger partial charge on any atom is 0.264 e. The molecule has 8 heteroatoms. The minimum Gasteiger partial charge on any atom is -0.338 e. The van der Waals surface area contributed by atoms with Gasteiger partial charge in [0.2, 0.25) is 5.91 Å². The normalized spacial score (nSPS) is 16.3. The summed E-state index contributed by atoms with van der Waals surface area (Å²) in [4.78, 5) is 34.4. The van der Waals surface area contributed by atoms with Crippen molar-refractivity contribution in [3.63, 3.8) is 0 Å². The van der Waals surface area contributed by atoms with Crippen LogP contribution < -0.4 is 10.9 Å². The number of benzene rings is 2. The summed E-state index contributed by atoms with van der Waals surface area (Å²) in [6, 6.07) is 18.0. The Kier molecular flexibility index (Phi) is 7.84. The van der Waals surface area contributed by atoms with Crippen molar-refractivity contribution in [3.8, 4) is 5.69 Å². The molecule has 1 N–H and O–H groups in total. The minimum atomic E-state index is -0.0864. The molecule has 188 valence electrons. The molecule has 6 nitrogen and oxygen atoms in total. The molecule has 2 aromatic carbocycles. The third kappa shape index (κ3) is 5.41. The molecule has 3 aromatic rings. The van der Waals surface area contributed by atoms with Crippen molar-refractivity contribution in [3.05, 3.63) is 81.8 Å². The molecular formula is C28H32N4O2S2. The Hall–Kier alpha value is -2.55. The Bertz CT molecular complexity index is 1290. The molecule has 0 saturated heterocycles. The summed E-state index contributed by atoms with van der Waals surface area (Å²) in [7, 11) is 0. The number of amides is 1. The molecule has 0 bridgehead atoms. The maximum absolute atomic E-state index is 13.8. The van der Waals surface area contributed by atoms with E-state index in [1.54, 1.807) is 21.2 Å². The van der Waals surface area contributed by atoms with Gasteiger partial charge in [0, 0.05) is 42.1 Å². The average Bonchev–Trinajstić information content (AvgIpc) is 2.87. The lowest BCUT2D eigenvalue weighted by molar-refractivity contribution is -0.132. The van der Waals surface area contributed by atoms with E-state index in [1.807, 2.05) is 42.5 Å². The Balaban J connectivity index is 1.33. The fourth-order valence-electron chi connectivity index (χ4n) is 4.66. The highest BCUT2D eigenvalue weighted by Crippen LogP contribution is 2.37. The highest BCUT2D eigenvalue weighted by Gasteiger charge is 2.29. The van der Waals surface area contributed by atoms with Crippen molar-refractivity contribution in [2.75, 3.05) is 13.1 Å². The number of thiol groups is 1. The van der Waals surface area contributed by atoms with Crippen molar-refractivity contribution >= 4 is 30.3 Å². The monoisotopic (exact) mass is 520 g/mol. The number of nitrogens with one attached hydrogen (secondary N) is 1. The summed E-state index contributed by atoms with van der Waals surface area (Å²) in [5.74, 6) is 0.0573. The number of carbonyl (C=O) groups excluding carboxylic acids is 1. The van der Waals surface area contributed by atoms with Gasteiger partial charge in [-0.25, -0.2) is 4.98 Å². The Morgan fingerprint density at radius 1 is 1.17 bits per heavy atom. The largest absolute Gasteiger partial charge is 0.338 e. The number of fused-ring (bicyclic) bond motifs is 1. The fourth-order valence-corrected chi connectivity index (χ4v) is 6.24. The summed E-state index contributed by atoms with van der Waals surface area (Å²) in [5.41, 5.74) is 3.30. The van der Waals surface area contributed by atoms with Gasteiger partial charge in [0.1, 0.15) is 0 Å². The molecule has 36 heavy (non-hydrogen) atoms. The quantitative estimate of drug-likeness (QED) is 0.330. The lowest BCUT2D eigenvalue weighted by Crippen LogP contribution is -2.42. The van der Waals surface area contributed by atoms with Crippen LogP contribution in [0, 0.1) is 0 Å². The number of hydrogen-bond donors (Lipinski definition) is 2. The second kappa shape index (κ2) is 11.2. The van der Waals surface area contributed by atoms with E-state index >= 15 is 0 Å². The number of nitrogens with zero attached hydrogens (tertiary/aromatic N) is 3. The molecule has 1 aliphatic carbocycles. The standard InChI is InChI=1S/C28H32N4O2S2/c1-19(20-8-3-2-4-9-20)29-16-14-26(33)31-17-15-23-22(18-31)27(34)32(24-12-5-6-13-25(24)35)28(30-23)36-21-10-7-11-21/h2-6,8-9,12-13,19,21,29,35H,7,10-11,14-18H2,1H3/t19-/m1/s1. The van der Waals surface area contributed by atoms with Crippen LogP contribution in [0.5, 0.6) is 0 Å². The first kappa shape index (κ1) is 25.1. The SMILES string of the molecule is C[C@@H](NCCC(=O)N1CCc2nc(SC3CCC3)n(-c3ccccc3S)c(=O)c2C1)c1ccccc1. The van der Waals surface area contributed by atoms with E-state index in [4.69, 9.17) is 4.98 Å². The smallest absolute Gasteiger partial charge is 0.264 e. The zero-order chi connectivity index (χ0) is 25.1. The van der Waals surface area contributed by atoms with Crippen LogP contribution in [0.25, 0.3) is 5.69 Å². The zero-order valence-electron chi connectivity index (χ0n) is 20.5. The molecule has 1 saturated carbocycles. The predicted octanol–water partition coefficient (Wildman–Crippen LogP) is 4.79. The number of rotatable bonds is 8. The third-order valence-corrected chi connectivity index (χ3v) is 8.76. The lowest BCUT2D eigenvalue weighted by atomic mass is 10.0. The Morgan fingerprint density at radius 2 is 1.92 bits per heavy atom. The van der Waals surface area contributed by atoms with Crippen LogP contribution in [0.4, 0.5) is 0 Å². The molecular weight excluding hydrogens is 488 g/mol. The first-order chi connectivity index (χ1) is 17.5. The van der Waals surface area contributed by atoms with E-state index in [2.05, 4.69) is 37.0 Å². The summed E-state index contributed by atoms with van der Waals surface area (Å²) in [5, 5.41) is 4.68.